The fourth-order valence-corrected chi connectivity index (χ4v) is 3.36. The average molecular weight is 306 g/mol. The molecule has 6 heteroatoms. The summed E-state index contributed by atoms with van der Waals surface area (Å²) in [5.41, 5.74) is 0. The molecule has 0 spiro atoms. The Kier molecular flexibility index (Phi) is 4.77. The van der Waals surface area contributed by atoms with Crippen LogP contribution in [0.2, 0.25) is 0 Å². The Morgan fingerprint density at radius 2 is 2.05 bits per heavy atom. The molecule has 112 valence electrons. The lowest BCUT2D eigenvalue weighted by molar-refractivity contribution is 0.183. The van der Waals surface area contributed by atoms with Crippen molar-refractivity contribution in [1.29, 1.82) is 0 Å². The summed E-state index contributed by atoms with van der Waals surface area (Å²) in [5.74, 6) is 0.748. The average Bonchev–Trinajstić information content (AvgIpc) is 3.01. The molecule has 0 amide bonds. The quantitative estimate of drug-likeness (QED) is 0.922. The molecule has 0 unspecified atom stereocenters. The van der Waals surface area contributed by atoms with Gasteiger partial charge >= 0.3 is 0 Å². The minimum atomic E-state index is -0.401. The number of aromatic nitrogens is 2. The largest absolute Gasteiger partial charge is 0.354 e. The van der Waals surface area contributed by atoms with Crippen LogP contribution in [-0.2, 0) is 6.54 Å². The van der Waals surface area contributed by atoms with E-state index in [0.717, 1.165) is 26.2 Å². The molecule has 3 rings (SSSR count). The Balaban J connectivity index is 1.40. The molecule has 0 radical (unpaired) electrons. The van der Waals surface area contributed by atoms with E-state index in [-0.39, 0.29) is 0 Å². The molecule has 1 N–H and O–H groups in total. The van der Waals surface area contributed by atoms with Gasteiger partial charge in [-0.3, -0.25) is 4.90 Å². The van der Waals surface area contributed by atoms with Gasteiger partial charge in [-0.25, -0.2) is 14.4 Å². The molecule has 2 aromatic rings. The van der Waals surface area contributed by atoms with Crippen molar-refractivity contribution < 1.29 is 4.39 Å². The van der Waals surface area contributed by atoms with Crippen molar-refractivity contribution in [2.24, 2.45) is 5.92 Å². The van der Waals surface area contributed by atoms with Crippen LogP contribution < -0.4 is 5.32 Å². The molecule has 1 aliphatic heterocycles. The Morgan fingerprint density at radius 1 is 1.29 bits per heavy atom. The maximum absolute atomic E-state index is 12.7. The number of rotatable bonds is 5. The first-order valence-electron chi connectivity index (χ1n) is 7.26. The van der Waals surface area contributed by atoms with Crippen LogP contribution in [0.1, 0.15) is 17.7 Å². The summed E-state index contributed by atoms with van der Waals surface area (Å²) in [7, 11) is 0. The lowest BCUT2D eigenvalue weighted by atomic mass is 9.97. The lowest BCUT2D eigenvalue weighted by Gasteiger charge is -2.31. The summed E-state index contributed by atoms with van der Waals surface area (Å²) in [4.78, 5) is 11.8. The molecule has 0 saturated carbocycles. The number of nitrogens with zero attached hydrogens (tertiary/aromatic N) is 3. The van der Waals surface area contributed by atoms with Crippen LogP contribution in [0.4, 0.5) is 10.3 Å². The van der Waals surface area contributed by atoms with Crippen LogP contribution in [-0.4, -0.2) is 34.5 Å². The zero-order chi connectivity index (χ0) is 14.5. The fourth-order valence-electron chi connectivity index (χ4n) is 2.61. The van der Waals surface area contributed by atoms with Crippen molar-refractivity contribution in [1.82, 2.24) is 14.9 Å². The number of hydrogen-bond acceptors (Lipinski definition) is 5. The van der Waals surface area contributed by atoms with Gasteiger partial charge in [0, 0.05) is 18.0 Å². The Bertz CT molecular complexity index is 535. The van der Waals surface area contributed by atoms with Gasteiger partial charge in [-0.1, -0.05) is 6.07 Å². The van der Waals surface area contributed by atoms with Gasteiger partial charge in [0.1, 0.15) is 0 Å². The zero-order valence-electron chi connectivity index (χ0n) is 11.8. The highest BCUT2D eigenvalue weighted by atomic mass is 32.1. The van der Waals surface area contributed by atoms with Crippen LogP contribution in [0.5, 0.6) is 0 Å². The van der Waals surface area contributed by atoms with Crippen LogP contribution in [0.3, 0.4) is 0 Å². The van der Waals surface area contributed by atoms with Gasteiger partial charge in [0.15, 0.2) is 5.82 Å². The van der Waals surface area contributed by atoms with Crippen molar-refractivity contribution in [3.63, 3.8) is 0 Å². The maximum Gasteiger partial charge on any atom is 0.222 e. The molecule has 0 atom stereocenters. The second kappa shape index (κ2) is 6.95. The van der Waals surface area contributed by atoms with E-state index in [4.69, 9.17) is 0 Å². The third kappa shape index (κ3) is 4.22. The van der Waals surface area contributed by atoms with Crippen LogP contribution >= 0.6 is 11.3 Å². The van der Waals surface area contributed by atoms with Gasteiger partial charge in [0.2, 0.25) is 5.95 Å². The van der Waals surface area contributed by atoms with Crippen LogP contribution in [0.25, 0.3) is 0 Å². The highest BCUT2D eigenvalue weighted by Crippen LogP contribution is 2.20. The zero-order valence-corrected chi connectivity index (χ0v) is 12.7. The molecular formula is C15H19FN4S. The van der Waals surface area contributed by atoms with E-state index in [2.05, 4.69) is 37.7 Å². The number of piperidine rings is 1. The van der Waals surface area contributed by atoms with Gasteiger partial charge < -0.3 is 5.32 Å². The predicted octanol–water partition coefficient (Wildman–Crippen LogP) is 3.00. The third-order valence-corrected chi connectivity index (χ3v) is 4.70. The van der Waals surface area contributed by atoms with Crippen molar-refractivity contribution in [3.05, 3.63) is 40.6 Å². The van der Waals surface area contributed by atoms with Crippen molar-refractivity contribution in [2.45, 2.75) is 19.4 Å². The van der Waals surface area contributed by atoms with E-state index in [1.807, 2.05) is 11.3 Å². The van der Waals surface area contributed by atoms with Crippen LogP contribution in [0.15, 0.2) is 29.9 Å². The van der Waals surface area contributed by atoms with Gasteiger partial charge in [-0.2, -0.15) is 0 Å². The minimum absolute atomic E-state index is 0.401. The molecule has 4 nitrogen and oxygen atoms in total. The Hall–Kier alpha value is -1.53. The molecule has 1 fully saturated rings. The van der Waals surface area contributed by atoms with Gasteiger partial charge in [0.25, 0.3) is 0 Å². The van der Waals surface area contributed by atoms with Crippen molar-refractivity contribution in [2.75, 3.05) is 25.0 Å². The van der Waals surface area contributed by atoms with E-state index in [1.165, 1.54) is 30.1 Å². The predicted molar refractivity (Wildman–Crippen MR) is 82.8 cm³/mol. The fraction of sp³-hybridized carbons (Fsp3) is 0.467. The number of nitrogens with one attached hydrogen (secondary N) is 1. The first kappa shape index (κ1) is 14.4. The lowest BCUT2D eigenvalue weighted by Crippen LogP contribution is -2.35. The molecule has 1 saturated heterocycles. The topological polar surface area (TPSA) is 41.1 Å². The van der Waals surface area contributed by atoms with E-state index in [9.17, 15) is 4.39 Å². The molecule has 1 aliphatic rings. The molecule has 0 aromatic carbocycles. The molecule has 3 heterocycles. The number of hydrogen-bond donors (Lipinski definition) is 1. The molecule has 0 aliphatic carbocycles. The highest BCUT2D eigenvalue weighted by molar-refractivity contribution is 7.09. The van der Waals surface area contributed by atoms with Crippen LogP contribution in [0, 0.1) is 11.7 Å². The first-order chi connectivity index (χ1) is 10.3. The number of halogens is 1. The molecular weight excluding hydrogens is 287 g/mol. The maximum atomic E-state index is 12.7. The normalized spacial score (nSPS) is 17.0. The molecule has 21 heavy (non-hydrogen) atoms. The monoisotopic (exact) mass is 306 g/mol. The molecule has 0 bridgehead atoms. The number of likely N-dealkylation sites (tertiary alicyclic amines) is 1. The van der Waals surface area contributed by atoms with Gasteiger partial charge in [-0.05, 0) is 43.3 Å². The van der Waals surface area contributed by atoms with E-state index >= 15 is 0 Å². The second-order valence-electron chi connectivity index (χ2n) is 5.40. The summed E-state index contributed by atoms with van der Waals surface area (Å²) in [5, 5.41) is 5.33. The third-order valence-electron chi connectivity index (χ3n) is 3.84. The van der Waals surface area contributed by atoms with Gasteiger partial charge in [0.05, 0.1) is 12.4 Å². The van der Waals surface area contributed by atoms with Crippen molar-refractivity contribution in [3.8, 4) is 0 Å². The Morgan fingerprint density at radius 3 is 2.71 bits per heavy atom. The number of anilines is 1. The SMILES string of the molecule is Fc1cnc(NCC2CCN(Cc3cccs3)CC2)nc1. The van der Waals surface area contributed by atoms with Gasteiger partial charge in [-0.15, -0.1) is 11.3 Å². The van der Waals surface area contributed by atoms with E-state index < -0.39 is 5.82 Å². The standard InChI is InChI=1S/C15H19FN4S/c16-13-9-18-15(19-10-13)17-8-12-3-5-20(6-4-12)11-14-2-1-7-21-14/h1-2,7,9-10,12H,3-6,8,11H2,(H,17,18,19). The second-order valence-corrected chi connectivity index (χ2v) is 6.44. The Labute approximate surface area is 128 Å². The van der Waals surface area contributed by atoms with E-state index in [1.54, 1.807) is 0 Å². The summed E-state index contributed by atoms with van der Waals surface area (Å²) in [6.07, 6.45) is 4.75. The number of thiophene rings is 1. The summed E-state index contributed by atoms with van der Waals surface area (Å²) in [6.45, 7) is 4.19. The summed E-state index contributed by atoms with van der Waals surface area (Å²) < 4.78 is 12.7. The molecule has 2 aromatic heterocycles. The first-order valence-corrected chi connectivity index (χ1v) is 8.14. The van der Waals surface area contributed by atoms with E-state index in [0.29, 0.717) is 11.9 Å². The minimum Gasteiger partial charge on any atom is -0.354 e. The highest BCUT2D eigenvalue weighted by Gasteiger charge is 2.19. The smallest absolute Gasteiger partial charge is 0.222 e. The summed E-state index contributed by atoms with van der Waals surface area (Å²) in [6, 6.07) is 4.31. The summed E-state index contributed by atoms with van der Waals surface area (Å²) >= 11 is 1.82. The van der Waals surface area contributed by atoms with Crippen molar-refractivity contribution >= 4 is 17.3 Å².